The minimum absolute atomic E-state index is 0.0517. The molecule has 1 N–H and O–H groups in total. The molecule has 2 amide bonds. The number of nitrogens with zero attached hydrogens (tertiary/aromatic N) is 1. The standard InChI is InChI=1S/C15H23NO4/c1-14(2)8-11(17)16(12(18)9-14)10-15(13(19)20)6-4-3-5-7-15/h3-10H2,1-2H3,(H,19,20). The van der Waals surface area contributed by atoms with Crippen molar-refractivity contribution in [1.29, 1.82) is 0 Å². The molecule has 0 unspecified atom stereocenters. The molecular formula is C15H23NO4. The summed E-state index contributed by atoms with van der Waals surface area (Å²) in [6, 6.07) is 0. The molecule has 1 aliphatic heterocycles. The van der Waals surface area contributed by atoms with Crippen LogP contribution in [0.3, 0.4) is 0 Å². The average Bonchev–Trinajstić information content (AvgIpc) is 2.34. The SMILES string of the molecule is CC1(C)CC(=O)N(CC2(C(=O)O)CCCCC2)C(=O)C1. The zero-order valence-electron chi connectivity index (χ0n) is 12.3. The summed E-state index contributed by atoms with van der Waals surface area (Å²) in [5, 5.41) is 9.55. The van der Waals surface area contributed by atoms with Crippen molar-refractivity contribution in [3.05, 3.63) is 0 Å². The Hall–Kier alpha value is -1.39. The summed E-state index contributed by atoms with van der Waals surface area (Å²) in [5.74, 6) is -1.32. The van der Waals surface area contributed by atoms with E-state index in [-0.39, 0.29) is 23.8 Å². The van der Waals surface area contributed by atoms with E-state index >= 15 is 0 Å². The summed E-state index contributed by atoms with van der Waals surface area (Å²) >= 11 is 0. The molecule has 5 heteroatoms. The third-order valence-electron chi connectivity index (χ3n) is 4.59. The maximum atomic E-state index is 12.2. The van der Waals surface area contributed by atoms with E-state index in [2.05, 4.69) is 0 Å². The van der Waals surface area contributed by atoms with Crippen molar-refractivity contribution < 1.29 is 19.5 Å². The Morgan fingerprint density at radius 2 is 1.60 bits per heavy atom. The number of hydrogen-bond acceptors (Lipinski definition) is 3. The third kappa shape index (κ3) is 2.86. The zero-order chi connectivity index (χ0) is 15.0. The smallest absolute Gasteiger partial charge is 0.311 e. The van der Waals surface area contributed by atoms with E-state index in [1.54, 1.807) is 0 Å². The second-order valence-corrected chi connectivity index (χ2v) is 7.04. The first kappa shape index (κ1) is 15.0. The highest BCUT2D eigenvalue weighted by Gasteiger charge is 2.46. The second-order valence-electron chi connectivity index (χ2n) is 7.04. The number of carbonyl (C=O) groups excluding carboxylic acids is 2. The van der Waals surface area contributed by atoms with Crippen LogP contribution in [0.2, 0.25) is 0 Å². The highest BCUT2D eigenvalue weighted by atomic mass is 16.4. The molecule has 2 rings (SSSR count). The Kier molecular flexibility index (Phi) is 3.89. The molecule has 112 valence electrons. The van der Waals surface area contributed by atoms with Gasteiger partial charge in [0.2, 0.25) is 11.8 Å². The molecule has 1 heterocycles. The van der Waals surface area contributed by atoms with E-state index in [1.165, 1.54) is 4.90 Å². The molecule has 0 radical (unpaired) electrons. The molecule has 20 heavy (non-hydrogen) atoms. The van der Waals surface area contributed by atoms with Gasteiger partial charge in [0.25, 0.3) is 0 Å². The van der Waals surface area contributed by atoms with Gasteiger partial charge in [-0.25, -0.2) is 0 Å². The van der Waals surface area contributed by atoms with Gasteiger partial charge in [0.15, 0.2) is 0 Å². The summed E-state index contributed by atoms with van der Waals surface area (Å²) in [5.41, 5.74) is -1.24. The second kappa shape index (κ2) is 5.19. The van der Waals surface area contributed by atoms with E-state index in [0.717, 1.165) is 19.3 Å². The first-order valence-corrected chi connectivity index (χ1v) is 7.32. The Labute approximate surface area is 119 Å². The molecule has 2 fully saturated rings. The van der Waals surface area contributed by atoms with Crippen molar-refractivity contribution >= 4 is 17.8 Å². The first-order valence-electron chi connectivity index (χ1n) is 7.32. The largest absolute Gasteiger partial charge is 0.481 e. The van der Waals surface area contributed by atoms with Gasteiger partial charge in [-0.05, 0) is 18.3 Å². The van der Waals surface area contributed by atoms with Crippen LogP contribution in [-0.4, -0.2) is 34.3 Å². The van der Waals surface area contributed by atoms with Gasteiger partial charge in [-0.1, -0.05) is 33.1 Å². The van der Waals surface area contributed by atoms with Crippen LogP contribution in [0.1, 0.15) is 58.8 Å². The quantitative estimate of drug-likeness (QED) is 0.805. The summed E-state index contributed by atoms with van der Waals surface area (Å²) in [7, 11) is 0. The number of likely N-dealkylation sites (tertiary alicyclic amines) is 1. The van der Waals surface area contributed by atoms with Gasteiger partial charge in [-0.2, -0.15) is 0 Å². The maximum absolute atomic E-state index is 12.2. The number of carboxylic acid groups (broad SMARTS) is 1. The van der Waals surface area contributed by atoms with Crippen LogP contribution in [0.25, 0.3) is 0 Å². The van der Waals surface area contributed by atoms with Gasteiger partial charge in [-0.3, -0.25) is 19.3 Å². The molecule has 1 aliphatic carbocycles. The highest BCUT2D eigenvalue weighted by Crippen LogP contribution is 2.40. The Morgan fingerprint density at radius 1 is 1.10 bits per heavy atom. The number of imide groups is 1. The van der Waals surface area contributed by atoms with Crippen molar-refractivity contribution in [1.82, 2.24) is 4.90 Å². The molecule has 1 saturated carbocycles. The normalized spacial score (nSPS) is 25.6. The van der Waals surface area contributed by atoms with Crippen molar-refractivity contribution in [3.63, 3.8) is 0 Å². The Balaban J connectivity index is 2.17. The molecule has 0 bridgehead atoms. The van der Waals surface area contributed by atoms with Gasteiger partial charge < -0.3 is 5.11 Å². The molecule has 1 saturated heterocycles. The summed E-state index contributed by atoms with van der Waals surface area (Å²) in [6.07, 6.45) is 4.49. The number of hydrogen-bond donors (Lipinski definition) is 1. The van der Waals surface area contributed by atoms with Crippen molar-refractivity contribution in [2.24, 2.45) is 10.8 Å². The predicted molar refractivity (Wildman–Crippen MR) is 72.9 cm³/mol. The number of piperidine rings is 1. The van der Waals surface area contributed by atoms with Crippen LogP contribution in [0.15, 0.2) is 0 Å². The summed E-state index contributed by atoms with van der Waals surface area (Å²) in [6.45, 7) is 3.84. The molecule has 0 spiro atoms. The summed E-state index contributed by atoms with van der Waals surface area (Å²) < 4.78 is 0. The van der Waals surface area contributed by atoms with Crippen molar-refractivity contribution in [2.45, 2.75) is 58.8 Å². The number of rotatable bonds is 3. The van der Waals surface area contributed by atoms with Gasteiger partial charge in [0.05, 0.1) is 5.41 Å². The van der Waals surface area contributed by atoms with Crippen LogP contribution in [0.4, 0.5) is 0 Å². The minimum atomic E-state index is -0.926. The van der Waals surface area contributed by atoms with Crippen molar-refractivity contribution in [3.8, 4) is 0 Å². The fourth-order valence-electron chi connectivity index (χ4n) is 3.36. The van der Waals surface area contributed by atoms with E-state index in [1.807, 2.05) is 13.8 Å². The Morgan fingerprint density at radius 3 is 2.05 bits per heavy atom. The lowest BCUT2D eigenvalue weighted by Gasteiger charge is -2.41. The lowest BCUT2D eigenvalue weighted by molar-refractivity contribution is -0.161. The van der Waals surface area contributed by atoms with Gasteiger partial charge in [0.1, 0.15) is 0 Å². The molecule has 2 aliphatic rings. The van der Waals surface area contributed by atoms with E-state index in [0.29, 0.717) is 25.7 Å². The number of carbonyl (C=O) groups is 3. The van der Waals surface area contributed by atoms with Crippen LogP contribution < -0.4 is 0 Å². The topological polar surface area (TPSA) is 74.7 Å². The fraction of sp³-hybridized carbons (Fsp3) is 0.800. The summed E-state index contributed by atoms with van der Waals surface area (Å²) in [4.78, 5) is 37.2. The van der Waals surface area contributed by atoms with Gasteiger partial charge in [0, 0.05) is 19.4 Å². The average molecular weight is 281 g/mol. The van der Waals surface area contributed by atoms with Crippen LogP contribution in [0, 0.1) is 10.8 Å². The first-order chi connectivity index (χ1) is 9.26. The molecule has 0 aromatic rings. The Bertz CT molecular complexity index is 415. The fourth-order valence-corrected chi connectivity index (χ4v) is 3.36. The minimum Gasteiger partial charge on any atom is -0.481 e. The number of carboxylic acids is 1. The predicted octanol–water partition coefficient (Wildman–Crippen LogP) is 2.20. The maximum Gasteiger partial charge on any atom is 0.311 e. The number of aliphatic carboxylic acids is 1. The lowest BCUT2D eigenvalue weighted by atomic mass is 9.72. The van der Waals surface area contributed by atoms with Crippen LogP contribution in [-0.2, 0) is 14.4 Å². The molecule has 5 nitrogen and oxygen atoms in total. The number of amides is 2. The molecular weight excluding hydrogens is 258 g/mol. The highest BCUT2D eigenvalue weighted by molar-refractivity contribution is 5.99. The van der Waals surface area contributed by atoms with E-state index in [9.17, 15) is 19.5 Å². The monoisotopic (exact) mass is 281 g/mol. The lowest BCUT2D eigenvalue weighted by Crippen LogP contribution is -2.53. The van der Waals surface area contributed by atoms with Gasteiger partial charge in [-0.15, -0.1) is 0 Å². The van der Waals surface area contributed by atoms with E-state index in [4.69, 9.17) is 0 Å². The van der Waals surface area contributed by atoms with Crippen molar-refractivity contribution in [2.75, 3.05) is 6.54 Å². The van der Waals surface area contributed by atoms with Crippen LogP contribution >= 0.6 is 0 Å². The zero-order valence-corrected chi connectivity index (χ0v) is 12.3. The molecule has 0 aromatic heterocycles. The van der Waals surface area contributed by atoms with Crippen LogP contribution in [0.5, 0.6) is 0 Å². The van der Waals surface area contributed by atoms with E-state index < -0.39 is 11.4 Å². The third-order valence-corrected chi connectivity index (χ3v) is 4.59. The molecule has 0 aromatic carbocycles. The molecule has 0 atom stereocenters. The van der Waals surface area contributed by atoms with Gasteiger partial charge >= 0.3 is 5.97 Å².